The lowest BCUT2D eigenvalue weighted by Gasteiger charge is -2.25. The fraction of sp³-hybridized carbons (Fsp3) is 0.312. The number of halogens is 1. The fourth-order valence-corrected chi connectivity index (χ4v) is 2.30. The smallest absolute Gasteiger partial charge is 0.341 e. The summed E-state index contributed by atoms with van der Waals surface area (Å²) in [6, 6.07) is 7.99. The van der Waals surface area contributed by atoms with Crippen molar-refractivity contribution in [2.75, 3.05) is 13.2 Å². The molecule has 5 nitrogen and oxygen atoms in total. The molecule has 0 radical (unpaired) electrons. The lowest BCUT2D eigenvalue weighted by atomic mass is 10.1. The maximum absolute atomic E-state index is 14.1. The number of hydrogen-bond acceptors (Lipinski definition) is 3. The van der Waals surface area contributed by atoms with E-state index in [0.29, 0.717) is 30.0 Å². The lowest BCUT2D eigenvalue weighted by molar-refractivity contribution is -0.139. The van der Waals surface area contributed by atoms with E-state index in [2.05, 4.69) is 5.32 Å². The number of hydroxylamine groups is 2. The van der Waals surface area contributed by atoms with Gasteiger partial charge in [0.05, 0.1) is 19.4 Å². The number of urea groups is 1. The van der Waals surface area contributed by atoms with E-state index in [1.54, 1.807) is 30.5 Å². The minimum absolute atomic E-state index is 0.114. The lowest BCUT2D eigenvalue weighted by Crippen LogP contribution is -2.42. The summed E-state index contributed by atoms with van der Waals surface area (Å²) in [7, 11) is 0. The molecule has 116 valence electrons. The minimum atomic E-state index is -0.381. The molecule has 0 atom stereocenters. The number of amides is 2. The first-order chi connectivity index (χ1) is 10.7. The summed E-state index contributed by atoms with van der Waals surface area (Å²) in [5.41, 5.74) is 1.08. The standard InChI is InChI=1S/C16H17FN2O3/c17-14-10-12(15-4-3-8-21-15)5-6-13(14)11-18-16(20)19-7-1-2-9-22-19/h3-6,8,10H,1-2,7,9,11H2,(H,18,20). The Morgan fingerprint density at radius 3 is 2.91 bits per heavy atom. The molecule has 2 amide bonds. The van der Waals surface area contributed by atoms with E-state index in [1.807, 2.05) is 0 Å². The molecule has 1 fully saturated rings. The summed E-state index contributed by atoms with van der Waals surface area (Å²) >= 11 is 0. The highest BCUT2D eigenvalue weighted by Crippen LogP contribution is 2.22. The molecule has 0 saturated carbocycles. The number of carbonyl (C=O) groups excluding carboxylic acids is 1. The van der Waals surface area contributed by atoms with Crippen molar-refractivity contribution >= 4 is 6.03 Å². The van der Waals surface area contributed by atoms with Crippen molar-refractivity contribution in [3.8, 4) is 11.3 Å². The summed E-state index contributed by atoms with van der Waals surface area (Å²) in [5, 5.41) is 3.95. The fourth-order valence-electron chi connectivity index (χ4n) is 2.30. The summed E-state index contributed by atoms with van der Waals surface area (Å²) in [4.78, 5) is 17.1. The first-order valence-corrected chi connectivity index (χ1v) is 7.24. The normalized spacial score (nSPS) is 14.9. The third-order valence-corrected chi connectivity index (χ3v) is 3.52. The predicted octanol–water partition coefficient (Wildman–Crippen LogP) is 3.32. The van der Waals surface area contributed by atoms with Gasteiger partial charge in [-0.1, -0.05) is 12.1 Å². The molecule has 1 saturated heterocycles. The summed E-state index contributed by atoms with van der Waals surface area (Å²) in [6.45, 7) is 1.22. The van der Waals surface area contributed by atoms with Crippen molar-refractivity contribution in [1.29, 1.82) is 0 Å². The van der Waals surface area contributed by atoms with Gasteiger partial charge in [-0.05, 0) is 31.0 Å². The molecule has 1 N–H and O–H groups in total. The second-order valence-corrected chi connectivity index (χ2v) is 5.08. The van der Waals surface area contributed by atoms with Crippen LogP contribution in [0, 0.1) is 5.82 Å². The van der Waals surface area contributed by atoms with Crippen LogP contribution in [0.25, 0.3) is 11.3 Å². The van der Waals surface area contributed by atoms with Crippen LogP contribution in [-0.2, 0) is 11.4 Å². The Hall–Kier alpha value is -2.34. The van der Waals surface area contributed by atoms with Crippen LogP contribution < -0.4 is 5.32 Å². The van der Waals surface area contributed by atoms with E-state index in [1.165, 1.54) is 11.1 Å². The van der Waals surface area contributed by atoms with Crippen molar-refractivity contribution in [2.45, 2.75) is 19.4 Å². The topological polar surface area (TPSA) is 54.7 Å². The van der Waals surface area contributed by atoms with Crippen molar-refractivity contribution in [3.63, 3.8) is 0 Å². The number of carbonyl (C=O) groups is 1. The van der Waals surface area contributed by atoms with Crippen LogP contribution in [0.3, 0.4) is 0 Å². The van der Waals surface area contributed by atoms with Gasteiger partial charge in [0.2, 0.25) is 0 Å². The molecule has 0 unspecified atom stereocenters. The van der Waals surface area contributed by atoms with E-state index in [0.717, 1.165) is 12.8 Å². The summed E-state index contributed by atoms with van der Waals surface area (Å²) in [6.07, 6.45) is 3.41. The average Bonchev–Trinajstić information content (AvgIpc) is 3.08. The van der Waals surface area contributed by atoms with Gasteiger partial charge >= 0.3 is 6.03 Å². The Balaban J connectivity index is 1.62. The van der Waals surface area contributed by atoms with Crippen LogP contribution in [0.4, 0.5) is 9.18 Å². The molecule has 1 aliphatic heterocycles. The Labute approximate surface area is 127 Å². The maximum atomic E-state index is 14.1. The van der Waals surface area contributed by atoms with Crippen LogP contribution >= 0.6 is 0 Å². The van der Waals surface area contributed by atoms with Gasteiger partial charge in [0.15, 0.2) is 0 Å². The molecule has 6 heteroatoms. The zero-order valence-corrected chi connectivity index (χ0v) is 12.0. The molecule has 0 aliphatic carbocycles. The van der Waals surface area contributed by atoms with Gasteiger partial charge in [-0.2, -0.15) is 0 Å². The van der Waals surface area contributed by atoms with Gasteiger partial charge in [-0.15, -0.1) is 0 Å². The molecule has 2 heterocycles. The summed E-state index contributed by atoms with van der Waals surface area (Å²) < 4.78 is 19.3. The number of benzene rings is 1. The molecular weight excluding hydrogens is 287 g/mol. The van der Waals surface area contributed by atoms with Crippen LogP contribution in [-0.4, -0.2) is 24.2 Å². The molecule has 1 aromatic heterocycles. The Bertz CT molecular complexity index is 637. The SMILES string of the molecule is O=C(NCc1ccc(-c2ccco2)cc1F)N1CCCCO1. The molecule has 0 bridgehead atoms. The minimum Gasteiger partial charge on any atom is -0.464 e. The highest BCUT2D eigenvalue weighted by Gasteiger charge is 2.17. The Kier molecular flexibility index (Phi) is 4.39. The Morgan fingerprint density at radius 1 is 1.32 bits per heavy atom. The van der Waals surface area contributed by atoms with Crippen LogP contribution in [0.2, 0.25) is 0 Å². The van der Waals surface area contributed by atoms with E-state index < -0.39 is 0 Å². The number of hydrogen-bond donors (Lipinski definition) is 1. The van der Waals surface area contributed by atoms with E-state index in [-0.39, 0.29) is 18.4 Å². The van der Waals surface area contributed by atoms with E-state index in [4.69, 9.17) is 9.25 Å². The van der Waals surface area contributed by atoms with Gasteiger partial charge in [0, 0.05) is 17.7 Å². The molecule has 2 aromatic rings. The van der Waals surface area contributed by atoms with Crippen LogP contribution in [0.15, 0.2) is 41.0 Å². The molecule has 22 heavy (non-hydrogen) atoms. The number of nitrogens with one attached hydrogen (secondary N) is 1. The van der Waals surface area contributed by atoms with E-state index in [9.17, 15) is 9.18 Å². The Morgan fingerprint density at radius 2 is 2.23 bits per heavy atom. The molecule has 1 aromatic carbocycles. The monoisotopic (exact) mass is 304 g/mol. The molecular formula is C16H17FN2O3. The number of rotatable bonds is 3. The zero-order chi connectivity index (χ0) is 15.4. The quantitative estimate of drug-likeness (QED) is 0.946. The van der Waals surface area contributed by atoms with Gasteiger partial charge in [-0.25, -0.2) is 14.2 Å². The third kappa shape index (κ3) is 3.28. The largest absolute Gasteiger partial charge is 0.464 e. The van der Waals surface area contributed by atoms with Gasteiger partial charge < -0.3 is 9.73 Å². The highest BCUT2D eigenvalue weighted by molar-refractivity contribution is 5.73. The van der Waals surface area contributed by atoms with Crippen LogP contribution in [0.5, 0.6) is 0 Å². The first-order valence-electron chi connectivity index (χ1n) is 7.24. The zero-order valence-electron chi connectivity index (χ0n) is 12.0. The second-order valence-electron chi connectivity index (χ2n) is 5.08. The summed E-state index contributed by atoms with van der Waals surface area (Å²) in [5.74, 6) is 0.227. The second kappa shape index (κ2) is 6.62. The van der Waals surface area contributed by atoms with Gasteiger partial charge in [-0.3, -0.25) is 4.84 Å². The molecule has 0 spiro atoms. The van der Waals surface area contributed by atoms with Gasteiger partial charge in [0.1, 0.15) is 11.6 Å². The average molecular weight is 304 g/mol. The van der Waals surface area contributed by atoms with E-state index >= 15 is 0 Å². The van der Waals surface area contributed by atoms with Crippen molar-refractivity contribution in [3.05, 3.63) is 48.0 Å². The van der Waals surface area contributed by atoms with Crippen molar-refractivity contribution in [1.82, 2.24) is 10.4 Å². The maximum Gasteiger partial charge on any atom is 0.341 e. The van der Waals surface area contributed by atoms with Crippen molar-refractivity contribution in [2.24, 2.45) is 0 Å². The van der Waals surface area contributed by atoms with Crippen LogP contribution in [0.1, 0.15) is 18.4 Å². The predicted molar refractivity (Wildman–Crippen MR) is 78.2 cm³/mol. The van der Waals surface area contributed by atoms with Crippen molar-refractivity contribution < 1.29 is 18.4 Å². The third-order valence-electron chi connectivity index (χ3n) is 3.52. The molecule has 1 aliphatic rings. The number of furan rings is 1. The first kappa shape index (κ1) is 14.6. The molecule has 3 rings (SSSR count). The highest BCUT2D eigenvalue weighted by atomic mass is 19.1. The van der Waals surface area contributed by atoms with Gasteiger partial charge in [0.25, 0.3) is 0 Å². The number of nitrogens with zero attached hydrogens (tertiary/aromatic N) is 1.